The summed E-state index contributed by atoms with van der Waals surface area (Å²) >= 11 is 0. The number of carbonyl (C=O) groups excluding carboxylic acids is 1. The van der Waals surface area contributed by atoms with Crippen molar-refractivity contribution in [2.24, 2.45) is 0 Å². The van der Waals surface area contributed by atoms with Gasteiger partial charge in [0, 0.05) is 31.2 Å². The summed E-state index contributed by atoms with van der Waals surface area (Å²) in [7, 11) is 0. The van der Waals surface area contributed by atoms with E-state index in [2.05, 4.69) is 20.5 Å². The Morgan fingerprint density at radius 3 is 3.22 bits per heavy atom. The summed E-state index contributed by atoms with van der Waals surface area (Å²) < 4.78 is 0. The summed E-state index contributed by atoms with van der Waals surface area (Å²) in [5.41, 5.74) is 1.84. The quantitative estimate of drug-likeness (QED) is 0.823. The van der Waals surface area contributed by atoms with Crippen LogP contribution in [0.5, 0.6) is 0 Å². The Morgan fingerprint density at radius 1 is 1.50 bits per heavy atom. The van der Waals surface area contributed by atoms with Crippen molar-refractivity contribution in [1.29, 1.82) is 0 Å². The SMILES string of the molecule is Cc1cnccc1NC(=O)CN1CCCNCC1. The second-order valence-corrected chi connectivity index (χ2v) is 4.62. The number of nitrogens with one attached hydrogen (secondary N) is 2. The number of aryl methyl sites for hydroxylation is 1. The molecule has 2 heterocycles. The fourth-order valence-electron chi connectivity index (χ4n) is 2.07. The monoisotopic (exact) mass is 248 g/mol. The van der Waals surface area contributed by atoms with Crippen molar-refractivity contribution in [2.75, 3.05) is 38.0 Å². The molecule has 2 rings (SSSR count). The van der Waals surface area contributed by atoms with Gasteiger partial charge in [0.25, 0.3) is 0 Å². The average Bonchev–Trinajstić information content (AvgIpc) is 2.61. The van der Waals surface area contributed by atoms with Crippen LogP contribution >= 0.6 is 0 Å². The molecule has 0 saturated carbocycles. The van der Waals surface area contributed by atoms with E-state index in [0.717, 1.165) is 43.9 Å². The Kier molecular flexibility index (Phi) is 4.66. The average molecular weight is 248 g/mol. The third kappa shape index (κ3) is 3.78. The Hall–Kier alpha value is -1.46. The zero-order valence-corrected chi connectivity index (χ0v) is 10.8. The Balaban J connectivity index is 1.86. The maximum atomic E-state index is 12.0. The number of rotatable bonds is 3. The number of aromatic nitrogens is 1. The van der Waals surface area contributed by atoms with E-state index < -0.39 is 0 Å². The van der Waals surface area contributed by atoms with E-state index in [0.29, 0.717) is 6.54 Å². The predicted molar refractivity (Wildman–Crippen MR) is 71.5 cm³/mol. The van der Waals surface area contributed by atoms with Crippen LogP contribution < -0.4 is 10.6 Å². The largest absolute Gasteiger partial charge is 0.325 e. The highest BCUT2D eigenvalue weighted by Crippen LogP contribution is 2.11. The van der Waals surface area contributed by atoms with Gasteiger partial charge in [0.15, 0.2) is 0 Å². The number of pyridine rings is 1. The molecule has 0 bridgehead atoms. The fraction of sp³-hybridized carbons (Fsp3) is 0.538. The molecule has 1 amide bonds. The Bertz CT molecular complexity index is 400. The van der Waals surface area contributed by atoms with Gasteiger partial charge < -0.3 is 10.6 Å². The molecule has 0 atom stereocenters. The van der Waals surface area contributed by atoms with Gasteiger partial charge in [0.2, 0.25) is 5.91 Å². The normalized spacial score (nSPS) is 17.2. The van der Waals surface area contributed by atoms with E-state index in [1.165, 1.54) is 0 Å². The number of carbonyl (C=O) groups is 1. The lowest BCUT2D eigenvalue weighted by atomic mass is 10.2. The minimum absolute atomic E-state index is 0.0474. The van der Waals surface area contributed by atoms with Crippen molar-refractivity contribution < 1.29 is 4.79 Å². The fourth-order valence-corrected chi connectivity index (χ4v) is 2.07. The van der Waals surface area contributed by atoms with Gasteiger partial charge in [-0.1, -0.05) is 0 Å². The smallest absolute Gasteiger partial charge is 0.238 e. The molecule has 5 nitrogen and oxygen atoms in total. The van der Waals surface area contributed by atoms with Crippen molar-refractivity contribution >= 4 is 11.6 Å². The lowest BCUT2D eigenvalue weighted by molar-refractivity contribution is -0.117. The minimum Gasteiger partial charge on any atom is -0.325 e. The molecule has 5 heteroatoms. The van der Waals surface area contributed by atoms with Crippen LogP contribution in [-0.4, -0.2) is 48.5 Å². The number of nitrogens with zero attached hydrogens (tertiary/aromatic N) is 2. The number of hydrogen-bond acceptors (Lipinski definition) is 4. The van der Waals surface area contributed by atoms with Crippen molar-refractivity contribution in [1.82, 2.24) is 15.2 Å². The van der Waals surface area contributed by atoms with E-state index >= 15 is 0 Å². The maximum absolute atomic E-state index is 12.0. The van der Waals surface area contributed by atoms with Gasteiger partial charge in [0.05, 0.1) is 6.54 Å². The van der Waals surface area contributed by atoms with Gasteiger partial charge in [-0.2, -0.15) is 0 Å². The van der Waals surface area contributed by atoms with E-state index in [1.807, 2.05) is 13.0 Å². The van der Waals surface area contributed by atoms with Crippen molar-refractivity contribution in [3.63, 3.8) is 0 Å². The van der Waals surface area contributed by atoms with Crippen LogP contribution in [-0.2, 0) is 4.79 Å². The van der Waals surface area contributed by atoms with Crippen LogP contribution in [0.4, 0.5) is 5.69 Å². The summed E-state index contributed by atoms with van der Waals surface area (Å²) in [5, 5.41) is 6.26. The summed E-state index contributed by atoms with van der Waals surface area (Å²) in [6.45, 7) is 6.32. The molecular weight excluding hydrogens is 228 g/mol. The number of amides is 1. The first-order valence-electron chi connectivity index (χ1n) is 6.39. The highest BCUT2D eigenvalue weighted by Gasteiger charge is 2.13. The second kappa shape index (κ2) is 6.47. The molecule has 2 N–H and O–H groups in total. The van der Waals surface area contributed by atoms with Crippen LogP contribution in [0.15, 0.2) is 18.5 Å². The van der Waals surface area contributed by atoms with Gasteiger partial charge >= 0.3 is 0 Å². The number of anilines is 1. The highest BCUT2D eigenvalue weighted by molar-refractivity contribution is 5.92. The molecule has 0 unspecified atom stereocenters. The molecule has 1 aromatic rings. The van der Waals surface area contributed by atoms with Crippen molar-refractivity contribution in [3.8, 4) is 0 Å². The van der Waals surface area contributed by atoms with Crippen LogP contribution in [0.25, 0.3) is 0 Å². The Labute approximate surface area is 108 Å². The first-order valence-corrected chi connectivity index (χ1v) is 6.39. The van der Waals surface area contributed by atoms with Gasteiger partial charge in [-0.25, -0.2) is 0 Å². The number of hydrogen-bond donors (Lipinski definition) is 2. The molecule has 0 radical (unpaired) electrons. The van der Waals surface area contributed by atoms with Crippen LogP contribution in [0.3, 0.4) is 0 Å². The topological polar surface area (TPSA) is 57.3 Å². The van der Waals surface area contributed by atoms with Crippen LogP contribution in [0.2, 0.25) is 0 Å². The van der Waals surface area contributed by atoms with E-state index in [9.17, 15) is 4.79 Å². The van der Waals surface area contributed by atoms with E-state index in [1.54, 1.807) is 12.4 Å². The molecule has 1 aromatic heterocycles. The lowest BCUT2D eigenvalue weighted by Gasteiger charge is -2.18. The van der Waals surface area contributed by atoms with E-state index in [4.69, 9.17) is 0 Å². The van der Waals surface area contributed by atoms with Gasteiger partial charge in [-0.15, -0.1) is 0 Å². The summed E-state index contributed by atoms with van der Waals surface area (Å²) in [5.74, 6) is 0.0474. The maximum Gasteiger partial charge on any atom is 0.238 e. The van der Waals surface area contributed by atoms with Gasteiger partial charge in [-0.3, -0.25) is 14.7 Å². The highest BCUT2D eigenvalue weighted by atomic mass is 16.2. The second-order valence-electron chi connectivity index (χ2n) is 4.62. The van der Waals surface area contributed by atoms with Crippen molar-refractivity contribution in [3.05, 3.63) is 24.0 Å². The van der Waals surface area contributed by atoms with Crippen LogP contribution in [0, 0.1) is 6.92 Å². The van der Waals surface area contributed by atoms with Crippen molar-refractivity contribution in [2.45, 2.75) is 13.3 Å². The third-order valence-corrected chi connectivity index (χ3v) is 3.09. The van der Waals surface area contributed by atoms with Gasteiger partial charge in [-0.05, 0) is 38.1 Å². The molecule has 18 heavy (non-hydrogen) atoms. The molecule has 1 aliphatic heterocycles. The zero-order valence-electron chi connectivity index (χ0n) is 10.8. The first-order chi connectivity index (χ1) is 8.75. The molecule has 98 valence electrons. The molecule has 0 spiro atoms. The predicted octanol–water partition coefficient (Wildman–Crippen LogP) is 0.624. The lowest BCUT2D eigenvalue weighted by Crippen LogP contribution is -2.35. The molecule has 1 fully saturated rings. The standard InChI is InChI=1S/C13H20N4O/c1-11-9-15-5-3-12(11)16-13(18)10-17-7-2-4-14-6-8-17/h3,5,9,14H,2,4,6-8,10H2,1H3,(H,15,16,18). The summed E-state index contributed by atoms with van der Waals surface area (Å²) in [6, 6.07) is 1.83. The van der Waals surface area contributed by atoms with Crippen LogP contribution in [0.1, 0.15) is 12.0 Å². The summed E-state index contributed by atoms with van der Waals surface area (Å²) in [6.07, 6.45) is 4.55. The van der Waals surface area contributed by atoms with E-state index in [-0.39, 0.29) is 5.91 Å². The van der Waals surface area contributed by atoms with Gasteiger partial charge in [0.1, 0.15) is 0 Å². The molecule has 0 aliphatic carbocycles. The molecule has 1 saturated heterocycles. The molecule has 0 aromatic carbocycles. The Morgan fingerprint density at radius 2 is 2.39 bits per heavy atom. The molecular formula is C13H20N4O. The zero-order chi connectivity index (χ0) is 12.8. The first kappa shape index (κ1) is 13.0. The third-order valence-electron chi connectivity index (χ3n) is 3.09. The molecule has 1 aliphatic rings. The minimum atomic E-state index is 0.0474. The summed E-state index contributed by atoms with van der Waals surface area (Å²) in [4.78, 5) is 18.1.